The van der Waals surface area contributed by atoms with Crippen molar-refractivity contribution in [3.63, 3.8) is 0 Å². The summed E-state index contributed by atoms with van der Waals surface area (Å²) in [5.41, 5.74) is 4.39. The minimum atomic E-state index is -4.72. The summed E-state index contributed by atoms with van der Waals surface area (Å²) in [6.07, 6.45) is -3.76. The summed E-state index contributed by atoms with van der Waals surface area (Å²) in [7, 11) is 0. The molecule has 4 nitrogen and oxygen atoms in total. The van der Waals surface area contributed by atoms with Gasteiger partial charge in [0.1, 0.15) is 5.82 Å². The molecule has 0 atom stereocenters. The average Bonchev–Trinajstić information content (AvgIpc) is 2.41. The van der Waals surface area contributed by atoms with Gasteiger partial charge >= 0.3 is 6.18 Å². The molecule has 0 aliphatic carbocycles. The molecule has 1 aromatic carbocycles. The van der Waals surface area contributed by atoms with Gasteiger partial charge in [-0.05, 0) is 30.7 Å². The SMILES string of the molecule is Cc1ccc(Cl)cc1Nc1nccc(C(F)(F)F)c1C(N)=O. The van der Waals surface area contributed by atoms with E-state index < -0.39 is 23.2 Å². The molecule has 0 bridgehead atoms. The number of rotatable bonds is 3. The summed E-state index contributed by atoms with van der Waals surface area (Å²) < 4.78 is 39.0. The van der Waals surface area contributed by atoms with Gasteiger partial charge in [0, 0.05) is 16.9 Å². The zero-order chi connectivity index (χ0) is 16.5. The van der Waals surface area contributed by atoms with E-state index in [-0.39, 0.29) is 5.82 Å². The van der Waals surface area contributed by atoms with Crippen molar-refractivity contribution in [2.75, 3.05) is 5.32 Å². The quantitative estimate of drug-likeness (QED) is 0.897. The zero-order valence-electron chi connectivity index (χ0n) is 11.3. The lowest BCUT2D eigenvalue weighted by molar-refractivity contribution is -0.137. The molecule has 116 valence electrons. The molecule has 1 amide bonds. The number of nitrogens with two attached hydrogens (primary N) is 1. The molecule has 0 aliphatic rings. The molecule has 0 aliphatic heterocycles. The van der Waals surface area contributed by atoms with E-state index in [2.05, 4.69) is 10.3 Å². The van der Waals surface area contributed by atoms with E-state index in [0.29, 0.717) is 16.8 Å². The van der Waals surface area contributed by atoms with Gasteiger partial charge in [-0.1, -0.05) is 17.7 Å². The van der Waals surface area contributed by atoms with Crippen LogP contribution >= 0.6 is 11.6 Å². The maximum absolute atomic E-state index is 13.0. The maximum Gasteiger partial charge on any atom is 0.417 e. The van der Waals surface area contributed by atoms with Gasteiger partial charge in [0.2, 0.25) is 0 Å². The van der Waals surface area contributed by atoms with Crippen LogP contribution < -0.4 is 11.1 Å². The number of nitrogens with one attached hydrogen (secondary N) is 1. The van der Waals surface area contributed by atoms with Gasteiger partial charge in [0.25, 0.3) is 5.91 Å². The Labute approximate surface area is 129 Å². The van der Waals surface area contributed by atoms with Crippen LogP contribution in [0.25, 0.3) is 0 Å². The number of anilines is 2. The van der Waals surface area contributed by atoms with Crippen molar-refractivity contribution in [1.29, 1.82) is 0 Å². The fraction of sp³-hybridized carbons (Fsp3) is 0.143. The molecule has 8 heteroatoms. The Bertz CT molecular complexity index is 732. The number of aryl methyl sites for hydroxylation is 1. The number of aromatic nitrogens is 1. The van der Waals surface area contributed by atoms with Gasteiger partial charge < -0.3 is 11.1 Å². The minimum Gasteiger partial charge on any atom is -0.365 e. The number of hydrogen-bond acceptors (Lipinski definition) is 3. The predicted molar refractivity (Wildman–Crippen MR) is 77.2 cm³/mol. The van der Waals surface area contributed by atoms with Crippen LogP contribution in [0.2, 0.25) is 5.02 Å². The number of primary amides is 1. The highest BCUT2D eigenvalue weighted by Gasteiger charge is 2.36. The Morgan fingerprint density at radius 3 is 2.59 bits per heavy atom. The van der Waals surface area contributed by atoms with Crippen LogP contribution in [0.3, 0.4) is 0 Å². The fourth-order valence-corrected chi connectivity index (χ4v) is 2.07. The van der Waals surface area contributed by atoms with Gasteiger partial charge in [0.05, 0.1) is 11.1 Å². The lowest BCUT2D eigenvalue weighted by atomic mass is 10.1. The first-order chi connectivity index (χ1) is 10.2. The number of carbonyl (C=O) groups excluding carboxylic acids is 1. The third-order valence-corrected chi connectivity index (χ3v) is 3.19. The summed E-state index contributed by atoms with van der Waals surface area (Å²) in [5.74, 6) is -1.49. The molecule has 3 N–H and O–H groups in total. The van der Waals surface area contributed by atoms with Crippen molar-refractivity contribution in [3.05, 3.63) is 52.2 Å². The van der Waals surface area contributed by atoms with Gasteiger partial charge in [-0.2, -0.15) is 13.2 Å². The summed E-state index contributed by atoms with van der Waals surface area (Å²) in [4.78, 5) is 15.2. The highest BCUT2D eigenvalue weighted by molar-refractivity contribution is 6.30. The highest BCUT2D eigenvalue weighted by Crippen LogP contribution is 2.35. The van der Waals surface area contributed by atoms with Crippen molar-refractivity contribution < 1.29 is 18.0 Å². The van der Waals surface area contributed by atoms with E-state index in [4.69, 9.17) is 17.3 Å². The number of nitrogens with zero attached hydrogens (tertiary/aromatic N) is 1. The Hall–Kier alpha value is -2.28. The van der Waals surface area contributed by atoms with Crippen molar-refractivity contribution in [1.82, 2.24) is 4.98 Å². The predicted octanol–water partition coefficient (Wildman–Crippen LogP) is 3.90. The van der Waals surface area contributed by atoms with Gasteiger partial charge in [-0.15, -0.1) is 0 Å². The van der Waals surface area contributed by atoms with Crippen LogP contribution in [-0.4, -0.2) is 10.9 Å². The molecule has 0 spiro atoms. The Morgan fingerprint density at radius 2 is 2.00 bits per heavy atom. The van der Waals surface area contributed by atoms with Crippen LogP contribution in [0.1, 0.15) is 21.5 Å². The Balaban J connectivity index is 2.56. The molecule has 0 saturated carbocycles. The molecule has 22 heavy (non-hydrogen) atoms. The molecular weight excluding hydrogens is 319 g/mol. The summed E-state index contributed by atoms with van der Waals surface area (Å²) in [6, 6.07) is 5.54. The minimum absolute atomic E-state index is 0.271. The normalized spacial score (nSPS) is 11.3. The van der Waals surface area contributed by atoms with E-state index in [1.54, 1.807) is 19.1 Å². The first-order valence-corrected chi connectivity index (χ1v) is 6.47. The zero-order valence-corrected chi connectivity index (χ0v) is 12.1. The van der Waals surface area contributed by atoms with Gasteiger partial charge in [-0.25, -0.2) is 4.98 Å². The van der Waals surface area contributed by atoms with E-state index in [9.17, 15) is 18.0 Å². The summed E-state index contributed by atoms with van der Waals surface area (Å²) in [5, 5.41) is 3.07. The summed E-state index contributed by atoms with van der Waals surface area (Å²) >= 11 is 5.86. The number of alkyl halides is 3. The lowest BCUT2D eigenvalue weighted by Crippen LogP contribution is -2.21. The molecular formula is C14H11ClF3N3O. The molecule has 0 fully saturated rings. The number of pyridine rings is 1. The standard InChI is InChI=1S/C14H11ClF3N3O/c1-7-2-3-8(15)6-10(7)21-13-11(12(19)22)9(4-5-20-13)14(16,17)18/h2-6H,1H3,(H2,19,22)(H,20,21). The summed E-state index contributed by atoms with van der Waals surface area (Å²) in [6.45, 7) is 1.73. The van der Waals surface area contributed by atoms with Crippen molar-refractivity contribution >= 4 is 29.0 Å². The van der Waals surface area contributed by atoms with E-state index in [1.165, 1.54) is 6.07 Å². The largest absolute Gasteiger partial charge is 0.417 e. The van der Waals surface area contributed by atoms with Crippen LogP contribution in [0.5, 0.6) is 0 Å². The molecule has 2 rings (SSSR count). The van der Waals surface area contributed by atoms with Crippen LogP contribution in [0.15, 0.2) is 30.5 Å². The smallest absolute Gasteiger partial charge is 0.365 e. The Morgan fingerprint density at radius 1 is 1.32 bits per heavy atom. The molecule has 0 saturated heterocycles. The molecule has 1 heterocycles. The van der Waals surface area contributed by atoms with Crippen molar-refractivity contribution in [2.45, 2.75) is 13.1 Å². The maximum atomic E-state index is 13.0. The lowest BCUT2D eigenvalue weighted by Gasteiger charge is -2.16. The number of carbonyl (C=O) groups is 1. The second-order valence-electron chi connectivity index (χ2n) is 4.53. The van der Waals surface area contributed by atoms with Crippen molar-refractivity contribution in [2.24, 2.45) is 5.73 Å². The number of amides is 1. The molecule has 0 radical (unpaired) electrons. The van der Waals surface area contributed by atoms with Gasteiger partial charge in [0.15, 0.2) is 0 Å². The number of halogens is 4. The van der Waals surface area contributed by atoms with Crippen LogP contribution in [0.4, 0.5) is 24.7 Å². The van der Waals surface area contributed by atoms with E-state index in [0.717, 1.165) is 11.8 Å². The third kappa shape index (κ3) is 3.30. The van der Waals surface area contributed by atoms with Crippen LogP contribution in [0, 0.1) is 6.92 Å². The molecule has 2 aromatic rings. The molecule has 0 unspecified atom stereocenters. The Kier molecular flexibility index (Phi) is 4.27. The first-order valence-electron chi connectivity index (χ1n) is 6.09. The van der Waals surface area contributed by atoms with E-state index in [1.807, 2.05) is 0 Å². The monoisotopic (exact) mass is 329 g/mol. The highest BCUT2D eigenvalue weighted by atomic mass is 35.5. The fourth-order valence-electron chi connectivity index (χ4n) is 1.90. The number of benzene rings is 1. The molecule has 1 aromatic heterocycles. The second kappa shape index (κ2) is 5.84. The average molecular weight is 330 g/mol. The van der Waals surface area contributed by atoms with E-state index >= 15 is 0 Å². The third-order valence-electron chi connectivity index (χ3n) is 2.96. The van der Waals surface area contributed by atoms with Crippen molar-refractivity contribution in [3.8, 4) is 0 Å². The second-order valence-corrected chi connectivity index (χ2v) is 4.96. The first kappa shape index (κ1) is 16.1. The topological polar surface area (TPSA) is 68.0 Å². The van der Waals surface area contributed by atoms with Gasteiger partial charge in [-0.3, -0.25) is 4.79 Å². The van der Waals surface area contributed by atoms with Crippen LogP contribution in [-0.2, 0) is 6.18 Å². The number of hydrogen-bond donors (Lipinski definition) is 2.